The van der Waals surface area contributed by atoms with Crippen molar-refractivity contribution in [1.29, 1.82) is 0 Å². The van der Waals surface area contributed by atoms with Crippen molar-refractivity contribution in [3.8, 4) is 17.3 Å². The molecule has 1 fully saturated rings. The number of fused-ring (bicyclic) bond motifs is 1. The number of aromatic nitrogens is 5. The molecule has 0 amide bonds. The Balaban J connectivity index is 1.37. The molecule has 1 aromatic carbocycles. The number of benzene rings is 1. The van der Waals surface area contributed by atoms with Crippen LogP contribution in [0.15, 0.2) is 28.8 Å². The van der Waals surface area contributed by atoms with E-state index in [1.807, 2.05) is 28.9 Å². The van der Waals surface area contributed by atoms with Crippen molar-refractivity contribution in [2.24, 2.45) is 0 Å². The molecule has 26 heavy (non-hydrogen) atoms. The molecular formula is C18H19N5O3. The van der Waals surface area contributed by atoms with Crippen LogP contribution in [0.3, 0.4) is 0 Å². The highest BCUT2D eigenvalue weighted by atomic mass is 16.5. The lowest BCUT2D eigenvalue weighted by molar-refractivity contribution is -0.00114. The summed E-state index contributed by atoms with van der Waals surface area (Å²) in [6.45, 7) is 1.01. The fourth-order valence-electron chi connectivity index (χ4n) is 3.36. The molecule has 2 aliphatic rings. The molecule has 0 N–H and O–H groups in total. The van der Waals surface area contributed by atoms with Gasteiger partial charge in [-0.3, -0.25) is 0 Å². The molecule has 8 nitrogen and oxygen atoms in total. The minimum absolute atomic E-state index is 0.0706. The number of methoxy groups -OCH3 is 1. The quantitative estimate of drug-likeness (QED) is 0.712. The molecule has 1 aliphatic heterocycles. The molecule has 134 valence electrons. The van der Waals surface area contributed by atoms with E-state index in [9.17, 15) is 0 Å². The molecule has 0 radical (unpaired) electrons. The highest BCUT2D eigenvalue weighted by molar-refractivity contribution is 5.51. The summed E-state index contributed by atoms with van der Waals surface area (Å²) in [6.07, 6.45) is 3.39. The Labute approximate surface area is 150 Å². The predicted molar refractivity (Wildman–Crippen MR) is 90.4 cm³/mol. The predicted octanol–water partition coefficient (Wildman–Crippen LogP) is 2.88. The Morgan fingerprint density at radius 3 is 2.77 bits per heavy atom. The van der Waals surface area contributed by atoms with Gasteiger partial charge in [0.05, 0.1) is 26.0 Å². The van der Waals surface area contributed by atoms with Crippen LogP contribution < -0.4 is 4.74 Å². The summed E-state index contributed by atoms with van der Waals surface area (Å²) in [5.41, 5.74) is 2.61. The lowest BCUT2D eigenvalue weighted by Crippen LogP contribution is -2.22. The SMILES string of the molecule is COc1ccc(C2Cn3nnc(-c4noc(C5CCC5)n4)c3CO2)cc1. The third-order valence-electron chi connectivity index (χ3n) is 5.19. The molecule has 1 atom stereocenters. The number of nitrogens with zero attached hydrogens (tertiary/aromatic N) is 5. The van der Waals surface area contributed by atoms with Crippen LogP contribution in [0, 0.1) is 0 Å². The summed E-state index contributed by atoms with van der Waals surface area (Å²) in [7, 11) is 1.66. The van der Waals surface area contributed by atoms with Gasteiger partial charge in [-0.1, -0.05) is 28.9 Å². The first kappa shape index (κ1) is 15.5. The summed E-state index contributed by atoms with van der Waals surface area (Å²) >= 11 is 0. The van der Waals surface area contributed by atoms with Crippen LogP contribution in [0.1, 0.15) is 48.4 Å². The third-order valence-corrected chi connectivity index (χ3v) is 5.19. The Bertz CT molecular complexity index is 913. The normalized spacial score (nSPS) is 19.8. The number of hydrogen-bond acceptors (Lipinski definition) is 7. The number of ether oxygens (including phenoxy) is 2. The van der Waals surface area contributed by atoms with Crippen molar-refractivity contribution in [2.75, 3.05) is 7.11 Å². The Morgan fingerprint density at radius 2 is 2.04 bits per heavy atom. The van der Waals surface area contributed by atoms with Crippen LogP contribution in [-0.2, 0) is 17.9 Å². The molecule has 5 rings (SSSR count). The van der Waals surface area contributed by atoms with Crippen LogP contribution in [0.25, 0.3) is 11.5 Å². The molecule has 0 bridgehead atoms. The monoisotopic (exact) mass is 353 g/mol. The van der Waals surface area contributed by atoms with Gasteiger partial charge in [-0.2, -0.15) is 4.98 Å². The molecule has 1 unspecified atom stereocenters. The maximum Gasteiger partial charge on any atom is 0.230 e. The summed E-state index contributed by atoms with van der Waals surface area (Å²) in [6, 6.07) is 7.89. The first-order valence-corrected chi connectivity index (χ1v) is 8.83. The number of rotatable bonds is 4. The largest absolute Gasteiger partial charge is 0.497 e. The minimum Gasteiger partial charge on any atom is -0.497 e. The average molecular weight is 353 g/mol. The van der Waals surface area contributed by atoms with Crippen LogP contribution in [0.4, 0.5) is 0 Å². The van der Waals surface area contributed by atoms with Crippen LogP contribution in [0.5, 0.6) is 5.75 Å². The van der Waals surface area contributed by atoms with Crippen LogP contribution in [0.2, 0.25) is 0 Å². The zero-order valence-corrected chi connectivity index (χ0v) is 14.5. The van der Waals surface area contributed by atoms with E-state index < -0.39 is 0 Å². The number of hydrogen-bond donors (Lipinski definition) is 0. The molecular weight excluding hydrogens is 334 g/mol. The van der Waals surface area contributed by atoms with E-state index in [2.05, 4.69) is 20.5 Å². The smallest absolute Gasteiger partial charge is 0.230 e. The van der Waals surface area contributed by atoms with Crippen molar-refractivity contribution < 1.29 is 14.0 Å². The minimum atomic E-state index is -0.0706. The fourth-order valence-corrected chi connectivity index (χ4v) is 3.36. The van der Waals surface area contributed by atoms with Crippen molar-refractivity contribution in [3.05, 3.63) is 41.4 Å². The maximum atomic E-state index is 6.04. The molecule has 1 aliphatic carbocycles. The zero-order valence-electron chi connectivity index (χ0n) is 14.5. The summed E-state index contributed by atoms with van der Waals surface area (Å²) < 4.78 is 18.5. The second-order valence-corrected chi connectivity index (χ2v) is 6.72. The molecule has 8 heteroatoms. The van der Waals surface area contributed by atoms with Gasteiger partial charge >= 0.3 is 0 Å². The van der Waals surface area contributed by atoms with Crippen LogP contribution in [-0.4, -0.2) is 32.2 Å². The van der Waals surface area contributed by atoms with Gasteiger partial charge in [0, 0.05) is 5.92 Å². The molecule has 0 saturated heterocycles. The summed E-state index contributed by atoms with van der Waals surface area (Å²) in [5.74, 6) is 2.44. The van der Waals surface area contributed by atoms with Gasteiger partial charge in [-0.25, -0.2) is 4.68 Å². The van der Waals surface area contributed by atoms with Crippen molar-refractivity contribution >= 4 is 0 Å². The molecule has 3 aromatic rings. The Morgan fingerprint density at radius 1 is 1.19 bits per heavy atom. The lowest BCUT2D eigenvalue weighted by Gasteiger charge is -2.24. The van der Waals surface area contributed by atoms with Gasteiger partial charge < -0.3 is 14.0 Å². The van der Waals surface area contributed by atoms with Gasteiger partial charge in [0.2, 0.25) is 11.7 Å². The first-order valence-electron chi connectivity index (χ1n) is 8.83. The van der Waals surface area contributed by atoms with E-state index in [0.29, 0.717) is 36.5 Å². The van der Waals surface area contributed by atoms with Gasteiger partial charge in [-0.15, -0.1) is 5.10 Å². The highest BCUT2D eigenvalue weighted by Gasteiger charge is 2.30. The lowest BCUT2D eigenvalue weighted by atomic mass is 9.85. The van der Waals surface area contributed by atoms with E-state index in [1.54, 1.807) is 7.11 Å². The zero-order chi connectivity index (χ0) is 17.5. The first-order chi connectivity index (χ1) is 12.8. The van der Waals surface area contributed by atoms with Crippen molar-refractivity contribution in [1.82, 2.24) is 25.1 Å². The summed E-state index contributed by atoms with van der Waals surface area (Å²) in [5, 5.41) is 12.6. The Kier molecular flexibility index (Phi) is 3.70. The molecule has 2 aromatic heterocycles. The Hall–Kier alpha value is -2.74. The molecule has 1 saturated carbocycles. The average Bonchev–Trinajstić information content (AvgIpc) is 3.26. The van der Waals surface area contributed by atoms with Crippen LogP contribution >= 0.6 is 0 Å². The highest BCUT2D eigenvalue weighted by Crippen LogP contribution is 2.36. The third kappa shape index (κ3) is 2.57. The van der Waals surface area contributed by atoms with E-state index >= 15 is 0 Å². The van der Waals surface area contributed by atoms with E-state index in [0.717, 1.165) is 29.8 Å². The molecule has 3 heterocycles. The summed E-state index contributed by atoms with van der Waals surface area (Å²) in [4.78, 5) is 4.52. The topological polar surface area (TPSA) is 88.1 Å². The van der Waals surface area contributed by atoms with E-state index in [1.165, 1.54) is 6.42 Å². The van der Waals surface area contributed by atoms with E-state index in [4.69, 9.17) is 14.0 Å². The fraction of sp³-hybridized carbons (Fsp3) is 0.444. The maximum absolute atomic E-state index is 6.04. The second-order valence-electron chi connectivity index (χ2n) is 6.72. The van der Waals surface area contributed by atoms with Gasteiger partial charge in [-0.05, 0) is 30.5 Å². The second kappa shape index (κ2) is 6.21. The molecule has 0 spiro atoms. The van der Waals surface area contributed by atoms with Gasteiger partial charge in [0.1, 0.15) is 11.9 Å². The van der Waals surface area contributed by atoms with Gasteiger partial charge in [0.15, 0.2) is 5.69 Å². The van der Waals surface area contributed by atoms with Crippen molar-refractivity contribution in [3.63, 3.8) is 0 Å². The van der Waals surface area contributed by atoms with Gasteiger partial charge in [0.25, 0.3) is 0 Å². The van der Waals surface area contributed by atoms with E-state index in [-0.39, 0.29) is 6.10 Å². The van der Waals surface area contributed by atoms with Crippen molar-refractivity contribution in [2.45, 2.75) is 44.4 Å². The standard InChI is InChI=1S/C18H19N5O3/c1-24-13-7-5-11(6-8-13)15-9-23-14(10-25-15)16(20-22-23)17-19-18(26-21-17)12-3-2-4-12/h5-8,12,15H,2-4,9-10H2,1H3.